The molecule has 19 heavy (non-hydrogen) atoms. The molecule has 0 aliphatic heterocycles. The summed E-state index contributed by atoms with van der Waals surface area (Å²) in [7, 11) is 0. The highest BCUT2D eigenvalue weighted by Crippen LogP contribution is 2.17. The molecule has 0 saturated heterocycles. The number of aryl methyl sites for hydroxylation is 1. The van der Waals surface area contributed by atoms with Crippen molar-refractivity contribution < 1.29 is 9.90 Å². The second-order valence-corrected chi connectivity index (χ2v) is 4.55. The van der Waals surface area contributed by atoms with Crippen LogP contribution in [-0.4, -0.2) is 17.6 Å². The summed E-state index contributed by atoms with van der Waals surface area (Å²) in [6.07, 6.45) is 1.68. The molecule has 102 valence electrons. The first-order valence-corrected chi connectivity index (χ1v) is 6.63. The predicted molar refractivity (Wildman–Crippen MR) is 77.8 cm³/mol. The smallest absolute Gasteiger partial charge is 0.227 e. The first-order valence-electron chi connectivity index (χ1n) is 6.63. The van der Waals surface area contributed by atoms with E-state index in [1.807, 2.05) is 39.0 Å². The Balaban J connectivity index is 2.89. The van der Waals surface area contributed by atoms with Crippen LogP contribution in [0.15, 0.2) is 18.2 Å². The Morgan fingerprint density at radius 2 is 2.00 bits per heavy atom. The number of aliphatic hydroxyl groups is 1. The maximum atomic E-state index is 12.0. The summed E-state index contributed by atoms with van der Waals surface area (Å²) in [4.78, 5) is 12.0. The number of benzene rings is 1. The van der Waals surface area contributed by atoms with Crippen molar-refractivity contribution in [3.8, 4) is 11.8 Å². The molecule has 0 fully saturated rings. The zero-order valence-electron chi connectivity index (χ0n) is 11.8. The molecule has 0 spiro atoms. The second-order valence-electron chi connectivity index (χ2n) is 4.55. The number of rotatable bonds is 4. The lowest BCUT2D eigenvalue weighted by Crippen LogP contribution is -2.21. The highest BCUT2D eigenvalue weighted by Gasteiger charge is 2.14. The average molecular weight is 259 g/mol. The van der Waals surface area contributed by atoms with E-state index >= 15 is 0 Å². The van der Waals surface area contributed by atoms with E-state index in [2.05, 4.69) is 17.2 Å². The van der Waals surface area contributed by atoms with Gasteiger partial charge in [0.2, 0.25) is 5.91 Å². The van der Waals surface area contributed by atoms with E-state index in [0.29, 0.717) is 0 Å². The summed E-state index contributed by atoms with van der Waals surface area (Å²) in [5.74, 6) is 5.57. The van der Waals surface area contributed by atoms with E-state index in [4.69, 9.17) is 5.11 Å². The highest BCUT2D eigenvalue weighted by molar-refractivity contribution is 5.92. The van der Waals surface area contributed by atoms with Gasteiger partial charge in [-0.15, -0.1) is 0 Å². The predicted octanol–water partition coefficient (Wildman–Crippen LogP) is 2.71. The highest BCUT2D eigenvalue weighted by atomic mass is 16.2. The number of nitrogens with one attached hydrogen (secondary N) is 1. The molecule has 2 N–H and O–H groups in total. The molecule has 0 unspecified atom stereocenters. The van der Waals surface area contributed by atoms with Crippen LogP contribution >= 0.6 is 0 Å². The number of anilines is 1. The summed E-state index contributed by atoms with van der Waals surface area (Å²) in [5.41, 5.74) is 2.60. The fourth-order valence-electron chi connectivity index (χ4n) is 1.97. The lowest BCUT2D eigenvalue weighted by atomic mass is 10.0. The van der Waals surface area contributed by atoms with Crippen LogP contribution in [0.2, 0.25) is 0 Å². The van der Waals surface area contributed by atoms with Crippen LogP contribution in [0.1, 0.15) is 37.8 Å². The van der Waals surface area contributed by atoms with Gasteiger partial charge < -0.3 is 10.4 Å². The third-order valence-electron chi connectivity index (χ3n) is 3.01. The fourth-order valence-corrected chi connectivity index (χ4v) is 1.97. The average Bonchev–Trinajstić information content (AvgIpc) is 2.37. The Morgan fingerprint density at radius 1 is 1.32 bits per heavy atom. The molecule has 1 aromatic carbocycles. The van der Waals surface area contributed by atoms with Crippen LogP contribution in [0.5, 0.6) is 0 Å². The number of aliphatic hydroxyl groups excluding tert-OH is 1. The van der Waals surface area contributed by atoms with Crippen molar-refractivity contribution in [1.82, 2.24) is 0 Å². The van der Waals surface area contributed by atoms with Gasteiger partial charge in [0.25, 0.3) is 0 Å². The van der Waals surface area contributed by atoms with Gasteiger partial charge in [0.05, 0.1) is 0 Å². The number of carbonyl (C=O) groups excluding carboxylic acids is 1. The van der Waals surface area contributed by atoms with Crippen molar-refractivity contribution in [2.75, 3.05) is 11.9 Å². The van der Waals surface area contributed by atoms with Crippen LogP contribution in [0.3, 0.4) is 0 Å². The molecular weight excluding hydrogens is 238 g/mol. The number of amides is 1. The second kappa shape index (κ2) is 7.60. The summed E-state index contributed by atoms with van der Waals surface area (Å²) >= 11 is 0. The normalized spacial score (nSPS) is 9.95. The van der Waals surface area contributed by atoms with Crippen molar-refractivity contribution in [2.24, 2.45) is 5.92 Å². The Bertz CT molecular complexity index is 493. The maximum Gasteiger partial charge on any atom is 0.227 e. The molecule has 0 heterocycles. The topological polar surface area (TPSA) is 49.3 Å². The number of carbonyl (C=O) groups is 1. The molecule has 0 aliphatic rings. The van der Waals surface area contributed by atoms with E-state index in [9.17, 15) is 4.79 Å². The van der Waals surface area contributed by atoms with Crippen molar-refractivity contribution in [3.05, 3.63) is 29.3 Å². The van der Waals surface area contributed by atoms with Gasteiger partial charge in [0.1, 0.15) is 6.61 Å². The minimum atomic E-state index is -0.163. The van der Waals surface area contributed by atoms with Gasteiger partial charge >= 0.3 is 0 Å². The summed E-state index contributed by atoms with van der Waals surface area (Å²) in [6.45, 7) is 5.82. The Hall–Kier alpha value is -1.79. The van der Waals surface area contributed by atoms with Gasteiger partial charge in [-0.2, -0.15) is 0 Å². The lowest BCUT2D eigenvalue weighted by Gasteiger charge is -2.13. The van der Waals surface area contributed by atoms with E-state index in [1.165, 1.54) is 0 Å². The molecule has 0 aliphatic carbocycles. The molecule has 1 aromatic rings. The van der Waals surface area contributed by atoms with Gasteiger partial charge in [-0.05, 0) is 43.5 Å². The van der Waals surface area contributed by atoms with Crippen molar-refractivity contribution in [3.63, 3.8) is 0 Å². The lowest BCUT2D eigenvalue weighted by molar-refractivity contribution is -0.120. The van der Waals surface area contributed by atoms with Crippen LogP contribution < -0.4 is 5.32 Å². The molecule has 0 atom stereocenters. The van der Waals surface area contributed by atoms with Gasteiger partial charge in [-0.1, -0.05) is 25.7 Å². The molecule has 3 nitrogen and oxygen atoms in total. The van der Waals surface area contributed by atoms with Crippen LogP contribution in [0.4, 0.5) is 5.69 Å². The van der Waals surface area contributed by atoms with Crippen molar-refractivity contribution >= 4 is 11.6 Å². The van der Waals surface area contributed by atoms with E-state index in [1.54, 1.807) is 0 Å². The Labute approximate surface area is 115 Å². The summed E-state index contributed by atoms with van der Waals surface area (Å²) < 4.78 is 0. The zero-order chi connectivity index (χ0) is 14.3. The summed E-state index contributed by atoms with van der Waals surface area (Å²) in [5, 5.41) is 11.6. The first kappa shape index (κ1) is 15.3. The Morgan fingerprint density at radius 3 is 2.58 bits per heavy atom. The van der Waals surface area contributed by atoms with Gasteiger partial charge in [0, 0.05) is 17.2 Å². The zero-order valence-corrected chi connectivity index (χ0v) is 11.8. The largest absolute Gasteiger partial charge is 0.384 e. The van der Waals surface area contributed by atoms with Gasteiger partial charge in [-0.3, -0.25) is 4.79 Å². The SMILES string of the molecule is CCC(CC)C(=O)Nc1cc(C)cc(C#CCO)c1. The summed E-state index contributed by atoms with van der Waals surface area (Å²) in [6, 6.07) is 5.68. The Kier molecular flexibility index (Phi) is 6.11. The van der Waals surface area contributed by atoms with Crippen LogP contribution in [0.25, 0.3) is 0 Å². The standard InChI is InChI=1S/C16H21NO2/c1-4-14(5-2)16(19)17-15-10-12(3)9-13(11-15)7-6-8-18/h9-11,14,18H,4-5,8H2,1-3H3,(H,17,19). The van der Waals surface area contributed by atoms with E-state index < -0.39 is 0 Å². The number of hydrogen-bond donors (Lipinski definition) is 2. The molecule has 0 saturated carbocycles. The molecule has 0 bridgehead atoms. The van der Waals surface area contributed by atoms with E-state index in [-0.39, 0.29) is 18.4 Å². The quantitative estimate of drug-likeness (QED) is 0.817. The third kappa shape index (κ3) is 4.76. The minimum absolute atomic E-state index is 0.0486. The maximum absolute atomic E-state index is 12.0. The van der Waals surface area contributed by atoms with Gasteiger partial charge in [0.15, 0.2) is 0 Å². The molecule has 0 aromatic heterocycles. The third-order valence-corrected chi connectivity index (χ3v) is 3.01. The monoisotopic (exact) mass is 259 g/mol. The van der Waals surface area contributed by atoms with E-state index in [0.717, 1.165) is 29.7 Å². The van der Waals surface area contributed by atoms with Crippen LogP contribution in [-0.2, 0) is 4.79 Å². The van der Waals surface area contributed by atoms with Crippen molar-refractivity contribution in [2.45, 2.75) is 33.6 Å². The number of hydrogen-bond acceptors (Lipinski definition) is 2. The molecular formula is C16H21NO2. The minimum Gasteiger partial charge on any atom is -0.384 e. The molecule has 3 heteroatoms. The molecule has 0 radical (unpaired) electrons. The van der Waals surface area contributed by atoms with Crippen LogP contribution in [0, 0.1) is 24.7 Å². The first-order chi connectivity index (χ1) is 9.10. The van der Waals surface area contributed by atoms with Crippen molar-refractivity contribution in [1.29, 1.82) is 0 Å². The fraction of sp³-hybridized carbons (Fsp3) is 0.438. The molecule has 1 rings (SSSR count). The van der Waals surface area contributed by atoms with Gasteiger partial charge in [-0.25, -0.2) is 0 Å². The molecule has 1 amide bonds.